The van der Waals surface area contributed by atoms with Crippen molar-refractivity contribution in [1.82, 2.24) is 15.3 Å². The van der Waals surface area contributed by atoms with E-state index in [1.54, 1.807) is 18.3 Å². The Kier molecular flexibility index (Phi) is 5.86. The molecule has 0 saturated carbocycles. The molecule has 0 spiro atoms. The van der Waals surface area contributed by atoms with E-state index in [0.717, 1.165) is 16.6 Å². The van der Waals surface area contributed by atoms with Crippen LogP contribution in [0.25, 0.3) is 10.2 Å². The number of nitrogens with zero attached hydrogens (tertiary/aromatic N) is 2. The molecule has 2 aromatic heterocycles. The Morgan fingerprint density at radius 1 is 1.39 bits per heavy atom. The van der Waals surface area contributed by atoms with E-state index in [2.05, 4.69) is 27.5 Å². The zero-order valence-electron chi connectivity index (χ0n) is 13.1. The van der Waals surface area contributed by atoms with Crippen molar-refractivity contribution in [2.75, 3.05) is 11.9 Å². The van der Waals surface area contributed by atoms with Crippen LogP contribution in [0.2, 0.25) is 0 Å². The highest BCUT2D eigenvalue weighted by Crippen LogP contribution is 2.28. The van der Waals surface area contributed by atoms with Crippen molar-refractivity contribution in [2.24, 2.45) is 0 Å². The van der Waals surface area contributed by atoms with E-state index in [-0.39, 0.29) is 12.3 Å². The molecule has 3 N–H and O–H groups in total. The van der Waals surface area contributed by atoms with Crippen LogP contribution in [-0.4, -0.2) is 39.5 Å². The Hall–Kier alpha value is -2.22. The summed E-state index contributed by atoms with van der Waals surface area (Å²) in [6, 6.07) is 1.57. The van der Waals surface area contributed by atoms with E-state index in [4.69, 9.17) is 5.11 Å². The maximum Gasteiger partial charge on any atom is 0.303 e. The molecule has 0 aliphatic carbocycles. The maximum atomic E-state index is 12.0. The summed E-state index contributed by atoms with van der Waals surface area (Å²) in [5, 5.41) is 15.3. The molecule has 23 heavy (non-hydrogen) atoms. The number of carbonyl (C=O) groups is 2. The number of aryl methyl sites for hydroxylation is 1. The van der Waals surface area contributed by atoms with Crippen LogP contribution in [0.15, 0.2) is 12.4 Å². The van der Waals surface area contributed by atoms with Crippen LogP contribution in [0.3, 0.4) is 0 Å². The number of rotatable bonds is 8. The minimum Gasteiger partial charge on any atom is -0.481 e. The number of amides is 1. The van der Waals surface area contributed by atoms with E-state index >= 15 is 0 Å². The van der Waals surface area contributed by atoms with Gasteiger partial charge < -0.3 is 15.7 Å². The molecule has 0 aliphatic heterocycles. The summed E-state index contributed by atoms with van der Waals surface area (Å²) in [6.07, 6.45) is 2.87. The third-order valence-corrected chi connectivity index (χ3v) is 4.53. The molecule has 1 atom stereocenters. The van der Waals surface area contributed by atoms with Crippen molar-refractivity contribution in [3.8, 4) is 0 Å². The number of aliphatic carboxylic acids is 1. The molecule has 2 heterocycles. The topological polar surface area (TPSA) is 104 Å². The summed E-state index contributed by atoms with van der Waals surface area (Å²) in [7, 11) is 0. The van der Waals surface area contributed by atoms with E-state index in [1.807, 2.05) is 6.07 Å². The van der Waals surface area contributed by atoms with Crippen LogP contribution < -0.4 is 10.6 Å². The monoisotopic (exact) mass is 336 g/mol. The second-order valence-electron chi connectivity index (χ2n) is 5.16. The van der Waals surface area contributed by atoms with Gasteiger partial charge >= 0.3 is 5.97 Å². The number of carboxylic acid groups (broad SMARTS) is 1. The van der Waals surface area contributed by atoms with Gasteiger partial charge in [-0.05, 0) is 25.8 Å². The molecule has 2 rings (SSSR count). The van der Waals surface area contributed by atoms with Crippen LogP contribution in [0.4, 0.5) is 5.82 Å². The van der Waals surface area contributed by atoms with Gasteiger partial charge in [0.25, 0.3) is 0 Å². The standard InChI is InChI=1S/C15H20N4O3S/c1-3-10-7-11-13(17-8-18-15(11)23-10)19-9(2)14(22)16-6-4-5-12(20)21/h7-9H,3-6H2,1-2H3,(H,16,22)(H,20,21)(H,17,18,19). The van der Waals surface area contributed by atoms with E-state index in [0.29, 0.717) is 18.8 Å². The molecule has 8 heteroatoms. The lowest BCUT2D eigenvalue weighted by Gasteiger charge is -2.14. The Morgan fingerprint density at radius 2 is 2.17 bits per heavy atom. The normalized spacial score (nSPS) is 12.1. The van der Waals surface area contributed by atoms with Gasteiger partial charge in [0, 0.05) is 17.8 Å². The quantitative estimate of drug-likeness (QED) is 0.637. The number of carboxylic acids is 1. The van der Waals surface area contributed by atoms with Crippen LogP contribution in [0, 0.1) is 0 Å². The molecule has 0 fully saturated rings. The molecule has 1 unspecified atom stereocenters. The van der Waals surface area contributed by atoms with Gasteiger partial charge in [-0.15, -0.1) is 11.3 Å². The fourth-order valence-corrected chi connectivity index (χ4v) is 3.00. The van der Waals surface area contributed by atoms with Crippen LogP contribution in [0.5, 0.6) is 0 Å². The van der Waals surface area contributed by atoms with Gasteiger partial charge in [-0.25, -0.2) is 9.97 Å². The number of hydrogen-bond donors (Lipinski definition) is 3. The minimum atomic E-state index is -0.863. The van der Waals surface area contributed by atoms with Crippen molar-refractivity contribution in [3.63, 3.8) is 0 Å². The van der Waals surface area contributed by atoms with Gasteiger partial charge in [-0.2, -0.15) is 0 Å². The first-order chi connectivity index (χ1) is 11.0. The Morgan fingerprint density at radius 3 is 2.87 bits per heavy atom. The number of thiophene rings is 1. The number of carbonyl (C=O) groups excluding carboxylic acids is 1. The number of hydrogen-bond acceptors (Lipinski definition) is 6. The summed E-state index contributed by atoms with van der Waals surface area (Å²) >= 11 is 1.62. The second-order valence-corrected chi connectivity index (χ2v) is 6.28. The first-order valence-electron chi connectivity index (χ1n) is 7.50. The van der Waals surface area contributed by atoms with Gasteiger partial charge in [0.05, 0.1) is 5.39 Å². The van der Waals surface area contributed by atoms with Crippen LogP contribution in [0.1, 0.15) is 31.6 Å². The molecular formula is C15H20N4O3S. The molecule has 124 valence electrons. The average molecular weight is 336 g/mol. The predicted molar refractivity (Wildman–Crippen MR) is 89.8 cm³/mol. The lowest BCUT2D eigenvalue weighted by Crippen LogP contribution is -2.38. The van der Waals surface area contributed by atoms with Crippen molar-refractivity contribution in [3.05, 3.63) is 17.3 Å². The number of fused-ring (bicyclic) bond motifs is 1. The number of nitrogens with one attached hydrogen (secondary N) is 2. The molecule has 7 nitrogen and oxygen atoms in total. The lowest BCUT2D eigenvalue weighted by atomic mass is 10.2. The zero-order chi connectivity index (χ0) is 16.8. The number of aromatic nitrogens is 2. The first kappa shape index (κ1) is 17.1. The second kappa shape index (κ2) is 7.87. The summed E-state index contributed by atoms with van der Waals surface area (Å²) in [5.74, 6) is -0.412. The van der Waals surface area contributed by atoms with Crippen molar-refractivity contribution in [2.45, 2.75) is 39.2 Å². The first-order valence-corrected chi connectivity index (χ1v) is 8.32. The van der Waals surface area contributed by atoms with Crippen molar-refractivity contribution >= 4 is 39.2 Å². The highest BCUT2D eigenvalue weighted by molar-refractivity contribution is 7.18. The van der Waals surface area contributed by atoms with Gasteiger partial charge in [0.1, 0.15) is 23.0 Å². The molecular weight excluding hydrogens is 316 g/mol. The molecule has 2 aromatic rings. The van der Waals surface area contributed by atoms with E-state index < -0.39 is 12.0 Å². The van der Waals surface area contributed by atoms with Crippen molar-refractivity contribution < 1.29 is 14.7 Å². The molecule has 0 aromatic carbocycles. The van der Waals surface area contributed by atoms with Gasteiger partial charge in [0.15, 0.2) is 0 Å². The molecule has 0 radical (unpaired) electrons. The Balaban J connectivity index is 1.96. The fraction of sp³-hybridized carbons (Fsp3) is 0.467. The molecule has 0 aliphatic rings. The SMILES string of the molecule is CCc1cc2c(NC(C)C(=O)NCCCC(=O)O)ncnc2s1. The average Bonchev–Trinajstić information content (AvgIpc) is 2.95. The van der Waals surface area contributed by atoms with E-state index in [9.17, 15) is 9.59 Å². The van der Waals surface area contributed by atoms with Gasteiger partial charge in [-0.1, -0.05) is 6.92 Å². The lowest BCUT2D eigenvalue weighted by molar-refractivity contribution is -0.137. The summed E-state index contributed by atoms with van der Waals surface area (Å²) in [4.78, 5) is 33.0. The van der Waals surface area contributed by atoms with Crippen molar-refractivity contribution in [1.29, 1.82) is 0 Å². The molecule has 0 saturated heterocycles. The largest absolute Gasteiger partial charge is 0.481 e. The summed E-state index contributed by atoms with van der Waals surface area (Å²) in [6.45, 7) is 4.17. The van der Waals surface area contributed by atoms with Crippen LogP contribution >= 0.6 is 11.3 Å². The summed E-state index contributed by atoms with van der Waals surface area (Å²) < 4.78 is 0. The molecule has 1 amide bonds. The smallest absolute Gasteiger partial charge is 0.303 e. The highest BCUT2D eigenvalue weighted by atomic mass is 32.1. The Bertz CT molecular complexity index is 701. The number of anilines is 1. The van der Waals surface area contributed by atoms with Gasteiger partial charge in [0.2, 0.25) is 5.91 Å². The third kappa shape index (κ3) is 4.62. The Labute approximate surface area is 138 Å². The highest BCUT2D eigenvalue weighted by Gasteiger charge is 2.15. The van der Waals surface area contributed by atoms with E-state index in [1.165, 1.54) is 11.2 Å². The zero-order valence-corrected chi connectivity index (χ0v) is 13.9. The third-order valence-electron chi connectivity index (χ3n) is 3.34. The minimum absolute atomic E-state index is 0.0450. The molecule has 0 bridgehead atoms. The predicted octanol–water partition coefficient (Wildman–Crippen LogP) is 2.04. The summed E-state index contributed by atoms with van der Waals surface area (Å²) in [5.41, 5.74) is 0. The van der Waals surface area contributed by atoms with Crippen LogP contribution in [-0.2, 0) is 16.0 Å². The van der Waals surface area contributed by atoms with Gasteiger partial charge in [-0.3, -0.25) is 9.59 Å². The maximum absolute atomic E-state index is 12.0. The fourth-order valence-electron chi connectivity index (χ4n) is 2.07.